The average molecular weight is 736 g/mol. The summed E-state index contributed by atoms with van der Waals surface area (Å²) in [6.45, 7) is 12.2. The molecule has 294 valence electrons. The van der Waals surface area contributed by atoms with Crippen LogP contribution in [0.1, 0.15) is 96.9 Å². The maximum atomic E-state index is 14.6. The number of ether oxygens (including phenoxy) is 2. The van der Waals surface area contributed by atoms with E-state index in [4.69, 9.17) is 9.47 Å². The maximum absolute atomic E-state index is 14.6. The lowest BCUT2D eigenvalue weighted by Gasteiger charge is -2.48. The number of rotatable bonds is 18. The van der Waals surface area contributed by atoms with Crippen molar-refractivity contribution in [2.24, 2.45) is 23.7 Å². The molecule has 1 saturated carbocycles. The molecule has 5 rings (SSSR count). The molecule has 2 aromatic rings. The summed E-state index contributed by atoms with van der Waals surface area (Å²) in [5.74, 6) is 0.502. The lowest BCUT2D eigenvalue weighted by molar-refractivity contribution is -0.943. The zero-order chi connectivity index (χ0) is 38.4. The highest BCUT2D eigenvalue weighted by Gasteiger charge is 2.56. The summed E-state index contributed by atoms with van der Waals surface area (Å²) < 4.78 is 13.0. The van der Waals surface area contributed by atoms with Gasteiger partial charge in [0, 0.05) is 52.3 Å². The molecule has 3 fully saturated rings. The molecule has 53 heavy (non-hydrogen) atoms. The number of amides is 3. The molecule has 3 heterocycles. The Labute approximate surface area is 318 Å². The van der Waals surface area contributed by atoms with Crippen LogP contribution in [0.2, 0.25) is 0 Å². The van der Waals surface area contributed by atoms with E-state index in [1.54, 1.807) is 20.4 Å². The Hall–Kier alpha value is -3.28. The van der Waals surface area contributed by atoms with Gasteiger partial charge in [0.05, 0.1) is 68.0 Å². The Morgan fingerprint density at radius 3 is 2.36 bits per heavy atom. The molecular weight excluding hydrogens is 668 g/mol. The van der Waals surface area contributed by atoms with E-state index in [1.807, 2.05) is 60.2 Å². The van der Waals surface area contributed by atoms with Crippen LogP contribution in [0.3, 0.4) is 0 Å². The Bertz CT molecular complexity index is 1490. The second-order valence-corrected chi connectivity index (χ2v) is 16.9. The molecule has 1 aromatic heterocycles. The summed E-state index contributed by atoms with van der Waals surface area (Å²) >= 11 is 0. The smallest absolute Gasteiger partial charge is 0.281 e. The van der Waals surface area contributed by atoms with Gasteiger partial charge in [0.2, 0.25) is 11.8 Å². The van der Waals surface area contributed by atoms with Gasteiger partial charge in [-0.3, -0.25) is 19.5 Å². The van der Waals surface area contributed by atoms with E-state index in [-0.39, 0.29) is 60.1 Å². The van der Waals surface area contributed by atoms with E-state index < -0.39 is 18.1 Å². The number of aromatic nitrogens is 2. The standard InChI is InChI=1S/C42H66N6O5/c1-10-28(4)38(46(6)42(51)39(27(2)3)48(7)26-31-18-19-32(48)23-31)36(52-8)25-37(49)47-22-14-17-35(47)40(53-9)29(5)41(50)44-34(33-20-21-43-45-33)24-30-15-12-11-13-16-30/h11-13,15-16,20-21,27-29,31-32,34-36,38-40H,10,14,17-19,22-26H2,1-9H3,(H-,43,44,45,50)/p+1/t28-,29+,31-,32+,34-,35-,36+,38-,39-,40+,48?/m0/s1. The van der Waals surface area contributed by atoms with Crippen molar-refractivity contribution in [2.45, 2.75) is 128 Å². The van der Waals surface area contributed by atoms with Crippen LogP contribution in [0.4, 0.5) is 0 Å². The minimum Gasteiger partial charge on any atom is -0.379 e. The number of likely N-dealkylation sites (N-methyl/N-ethyl adjacent to an activating group) is 2. The third-order valence-corrected chi connectivity index (χ3v) is 13.3. The number of nitrogens with zero attached hydrogens (tertiary/aromatic N) is 4. The van der Waals surface area contributed by atoms with E-state index in [1.165, 1.54) is 19.3 Å². The van der Waals surface area contributed by atoms with Crippen molar-refractivity contribution in [3.05, 3.63) is 53.9 Å². The summed E-state index contributed by atoms with van der Waals surface area (Å²) in [5, 5.41) is 10.4. The molecule has 2 aliphatic heterocycles. The number of carbonyl (C=O) groups excluding carboxylic acids is 3. The van der Waals surface area contributed by atoms with Crippen LogP contribution >= 0.6 is 0 Å². The van der Waals surface area contributed by atoms with Gasteiger partial charge in [-0.2, -0.15) is 5.10 Å². The van der Waals surface area contributed by atoms with Crippen molar-refractivity contribution < 1.29 is 28.3 Å². The first-order chi connectivity index (χ1) is 25.3. The Morgan fingerprint density at radius 1 is 1.06 bits per heavy atom. The monoisotopic (exact) mass is 736 g/mol. The van der Waals surface area contributed by atoms with Gasteiger partial charge in [-0.15, -0.1) is 0 Å². The van der Waals surface area contributed by atoms with E-state index >= 15 is 0 Å². The zero-order valence-electron chi connectivity index (χ0n) is 33.8. The van der Waals surface area contributed by atoms with Gasteiger partial charge in [0.1, 0.15) is 0 Å². The minimum absolute atomic E-state index is 0.0289. The molecule has 11 nitrogen and oxygen atoms in total. The van der Waals surface area contributed by atoms with Gasteiger partial charge >= 0.3 is 0 Å². The van der Waals surface area contributed by atoms with E-state index in [0.717, 1.165) is 41.5 Å². The summed E-state index contributed by atoms with van der Waals surface area (Å²) in [5.41, 5.74) is 1.93. The number of methoxy groups -OCH3 is 2. The second-order valence-electron chi connectivity index (χ2n) is 16.9. The number of nitrogens with one attached hydrogen (secondary N) is 2. The van der Waals surface area contributed by atoms with Crippen molar-refractivity contribution in [1.29, 1.82) is 0 Å². The van der Waals surface area contributed by atoms with Crippen LogP contribution in [-0.4, -0.2) is 120 Å². The van der Waals surface area contributed by atoms with Crippen LogP contribution in [0.25, 0.3) is 0 Å². The van der Waals surface area contributed by atoms with Crippen molar-refractivity contribution in [2.75, 3.05) is 41.4 Å². The summed E-state index contributed by atoms with van der Waals surface area (Å²) in [7, 11) is 7.52. The predicted octanol–water partition coefficient (Wildman–Crippen LogP) is 5.38. The number of quaternary nitrogens is 1. The molecule has 3 aliphatic rings. The lowest BCUT2D eigenvalue weighted by atomic mass is 9.88. The SMILES string of the molecule is CC[C@H](C)[C@@H]([C@@H](CC(=O)N1CCC[C@H]1[C@H](OC)[C@@H](C)C(=O)N[C@@H](Cc1ccccc1)c1ccn[nH]1)OC)N(C)C(=O)[C@H](C(C)C)[N+]1(C)C[C@H]2CC[C@@H]1C2. The number of likely N-dealkylation sites (tertiary alicyclic amines) is 2. The second kappa shape index (κ2) is 17.9. The molecule has 0 spiro atoms. The van der Waals surface area contributed by atoms with E-state index in [9.17, 15) is 14.4 Å². The molecule has 0 radical (unpaired) electrons. The predicted molar refractivity (Wildman–Crippen MR) is 207 cm³/mol. The minimum atomic E-state index is -0.521. The maximum Gasteiger partial charge on any atom is 0.281 e. The fourth-order valence-electron chi connectivity index (χ4n) is 10.4. The topological polar surface area (TPSA) is 117 Å². The largest absolute Gasteiger partial charge is 0.379 e. The molecule has 1 aliphatic carbocycles. The van der Waals surface area contributed by atoms with Gasteiger partial charge < -0.3 is 29.1 Å². The first kappa shape index (κ1) is 40.9. The van der Waals surface area contributed by atoms with Crippen molar-refractivity contribution in [3.63, 3.8) is 0 Å². The highest BCUT2D eigenvalue weighted by atomic mass is 16.5. The summed E-state index contributed by atoms with van der Waals surface area (Å²) in [6, 6.07) is 11.5. The Kier molecular flexibility index (Phi) is 13.8. The van der Waals surface area contributed by atoms with Gasteiger partial charge in [0.25, 0.3) is 5.91 Å². The zero-order valence-corrected chi connectivity index (χ0v) is 33.8. The van der Waals surface area contributed by atoms with Gasteiger partial charge in [0.15, 0.2) is 6.04 Å². The summed E-state index contributed by atoms with van der Waals surface area (Å²) in [6.07, 6.45) is 7.61. The lowest BCUT2D eigenvalue weighted by Crippen LogP contribution is -2.66. The quantitative estimate of drug-likeness (QED) is 0.199. The normalized spacial score (nSPS) is 26.5. The van der Waals surface area contributed by atoms with Crippen LogP contribution in [0.15, 0.2) is 42.6 Å². The molecule has 11 heteroatoms. The van der Waals surface area contributed by atoms with Gasteiger partial charge in [-0.1, -0.05) is 71.4 Å². The first-order valence-corrected chi connectivity index (χ1v) is 20.1. The van der Waals surface area contributed by atoms with Crippen LogP contribution < -0.4 is 5.32 Å². The highest BCUT2D eigenvalue weighted by molar-refractivity contribution is 5.82. The molecule has 3 amide bonds. The molecule has 2 saturated heterocycles. The molecular formula is C42H67N6O5+. The molecule has 1 aromatic carbocycles. The number of hydrogen-bond donors (Lipinski definition) is 2. The van der Waals surface area contributed by atoms with Crippen molar-refractivity contribution in [1.82, 2.24) is 25.3 Å². The first-order valence-electron chi connectivity index (χ1n) is 20.1. The number of aromatic amines is 1. The fraction of sp³-hybridized carbons (Fsp3) is 0.714. The Balaban J connectivity index is 1.29. The van der Waals surface area contributed by atoms with Gasteiger partial charge in [-0.05, 0) is 49.7 Å². The third-order valence-electron chi connectivity index (χ3n) is 13.3. The number of piperidine rings is 1. The third kappa shape index (κ3) is 8.83. The van der Waals surface area contributed by atoms with E-state index in [0.29, 0.717) is 24.9 Å². The number of benzene rings is 1. The summed E-state index contributed by atoms with van der Waals surface area (Å²) in [4.78, 5) is 46.7. The molecule has 2 N–H and O–H groups in total. The molecule has 2 bridgehead atoms. The van der Waals surface area contributed by atoms with Gasteiger partial charge in [-0.25, -0.2) is 0 Å². The number of fused-ring (bicyclic) bond motifs is 2. The number of carbonyl (C=O) groups is 3. The number of H-pyrrole nitrogens is 1. The van der Waals surface area contributed by atoms with Crippen molar-refractivity contribution in [3.8, 4) is 0 Å². The highest BCUT2D eigenvalue weighted by Crippen LogP contribution is 2.45. The fourth-order valence-corrected chi connectivity index (χ4v) is 10.4. The van der Waals surface area contributed by atoms with Crippen LogP contribution in [0, 0.1) is 23.7 Å². The van der Waals surface area contributed by atoms with Crippen LogP contribution in [-0.2, 0) is 30.3 Å². The van der Waals surface area contributed by atoms with E-state index in [2.05, 4.69) is 50.3 Å². The number of hydrogen-bond acceptors (Lipinski definition) is 6. The average Bonchev–Trinajstić information content (AvgIpc) is 3.98. The molecule has 1 unspecified atom stereocenters. The molecule has 11 atom stereocenters. The van der Waals surface area contributed by atoms with Crippen molar-refractivity contribution >= 4 is 17.7 Å². The Morgan fingerprint density at radius 2 is 1.79 bits per heavy atom. The van der Waals surface area contributed by atoms with Crippen LogP contribution in [0.5, 0.6) is 0 Å².